The van der Waals surface area contributed by atoms with Crippen molar-refractivity contribution in [3.8, 4) is 0 Å². The average molecular weight is 310 g/mol. The van der Waals surface area contributed by atoms with Gasteiger partial charge in [0.15, 0.2) is 0 Å². The fourth-order valence-electron chi connectivity index (χ4n) is 1.33. The molecule has 1 rings (SSSR count). The Morgan fingerprint density at radius 2 is 1.77 bits per heavy atom. The molecular weight excluding hydrogens is 288 g/mol. The van der Waals surface area contributed by atoms with Crippen molar-refractivity contribution in [3.05, 3.63) is 48.6 Å². The molecule has 0 saturated carbocycles. The summed E-state index contributed by atoms with van der Waals surface area (Å²) in [6.45, 7) is 4.66. The summed E-state index contributed by atoms with van der Waals surface area (Å²) < 4.78 is 4.75. The molecule has 0 aliphatic carbocycles. The van der Waals surface area contributed by atoms with Gasteiger partial charge >= 0.3 is 11.9 Å². The summed E-state index contributed by atoms with van der Waals surface area (Å²) in [4.78, 5) is 20.9. The number of aliphatic hydroxyl groups is 2. The lowest BCUT2D eigenvalue weighted by atomic mass is 9.88. The van der Waals surface area contributed by atoms with Crippen molar-refractivity contribution in [1.29, 1.82) is 0 Å². The van der Waals surface area contributed by atoms with E-state index in [1.807, 2.05) is 6.92 Å². The lowest BCUT2D eigenvalue weighted by Crippen LogP contribution is -2.35. The van der Waals surface area contributed by atoms with Crippen molar-refractivity contribution >= 4 is 11.9 Å². The van der Waals surface area contributed by atoms with Gasteiger partial charge in [0.2, 0.25) is 0 Å². The third kappa shape index (κ3) is 7.01. The second kappa shape index (κ2) is 10.5. The molecule has 0 saturated heterocycles. The van der Waals surface area contributed by atoms with E-state index in [9.17, 15) is 9.59 Å². The van der Waals surface area contributed by atoms with E-state index in [0.717, 1.165) is 6.08 Å². The molecule has 0 amide bonds. The van der Waals surface area contributed by atoms with E-state index in [0.29, 0.717) is 12.0 Å². The van der Waals surface area contributed by atoms with E-state index in [4.69, 9.17) is 20.1 Å². The summed E-state index contributed by atoms with van der Waals surface area (Å²) in [5.41, 5.74) is -0.393. The van der Waals surface area contributed by atoms with Crippen LogP contribution in [-0.2, 0) is 9.53 Å². The number of ether oxygens (including phenoxy) is 1. The van der Waals surface area contributed by atoms with Gasteiger partial charge in [-0.1, -0.05) is 31.7 Å². The van der Waals surface area contributed by atoms with E-state index >= 15 is 0 Å². The Morgan fingerprint density at radius 1 is 1.23 bits per heavy atom. The molecule has 1 aromatic carbocycles. The van der Waals surface area contributed by atoms with Crippen LogP contribution >= 0.6 is 0 Å². The summed E-state index contributed by atoms with van der Waals surface area (Å²) in [6.07, 6.45) is 1.60. The molecule has 3 N–H and O–H groups in total. The summed E-state index contributed by atoms with van der Waals surface area (Å²) in [7, 11) is 0. The van der Waals surface area contributed by atoms with Gasteiger partial charge in [-0.15, -0.1) is 0 Å². The second-order valence-electron chi connectivity index (χ2n) is 4.65. The van der Waals surface area contributed by atoms with Gasteiger partial charge in [0.25, 0.3) is 0 Å². The maximum atomic E-state index is 10.7. The predicted octanol–water partition coefficient (Wildman–Crippen LogP) is 1.48. The molecule has 0 heterocycles. The minimum absolute atomic E-state index is 0.0152. The van der Waals surface area contributed by atoms with Gasteiger partial charge in [-0.2, -0.15) is 0 Å². The number of carboxylic acids is 1. The van der Waals surface area contributed by atoms with E-state index < -0.39 is 17.4 Å². The summed E-state index contributed by atoms with van der Waals surface area (Å²) in [5, 5.41) is 26.4. The number of carbonyl (C=O) groups excluding carboxylic acids is 1. The van der Waals surface area contributed by atoms with E-state index in [-0.39, 0.29) is 19.8 Å². The Bertz CT molecular complexity index is 457. The van der Waals surface area contributed by atoms with Gasteiger partial charge in [0.05, 0.1) is 24.2 Å². The van der Waals surface area contributed by atoms with Crippen LogP contribution in [-0.4, -0.2) is 47.1 Å². The van der Waals surface area contributed by atoms with E-state index in [1.165, 1.54) is 0 Å². The van der Waals surface area contributed by atoms with Crippen LogP contribution in [0.4, 0.5) is 0 Å². The highest BCUT2D eigenvalue weighted by atomic mass is 16.5. The molecule has 0 fully saturated rings. The Morgan fingerprint density at radius 3 is 2.09 bits per heavy atom. The van der Waals surface area contributed by atoms with Gasteiger partial charge in [-0.25, -0.2) is 9.59 Å². The first-order valence-corrected chi connectivity index (χ1v) is 6.74. The van der Waals surface area contributed by atoms with Crippen molar-refractivity contribution in [1.82, 2.24) is 0 Å². The molecule has 0 aromatic heterocycles. The van der Waals surface area contributed by atoms with Crippen LogP contribution in [0.2, 0.25) is 0 Å². The van der Waals surface area contributed by atoms with Crippen molar-refractivity contribution in [3.63, 3.8) is 0 Å². The van der Waals surface area contributed by atoms with Crippen LogP contribution in [0, 0.1) is 5.41 Å². The molecular formula is C16H22O6. The standard InChI is InChI=1S/C9H16O4.C7H6O2/c1-3-8(12)13-7-9(4-2,5-10)6-11;8-7(9)6-4-2-1-3-5-6/h3,10-11H,1,4-7H2,2H3;1-5H,(H,8,9). The quantitative estimate of drug-likeness (QED) is 0.520. The Kier molecular flexibility index (Phi) is 9.49. The third-order valence-electron chi connectivity index (χ3n) is 3.13. The molecule has 0 aliphatic rings. The summed E-state index contributed by atoms with van der Waals surface area (Å²) >= 11 is 0. The minimum Gasteiger partial charge on any atom is -0.478 e. The monoisotopic (exact) mass is 310 g/mol. The number of carbonyl (C=O) groups is 2. The number of carboxylic acid groups (broad SMARTS) is 1. The molecule has 0 bridgehead atoms. The number of benzene rings is 1. The molecule has 0 aliphatic heterocycles. The highest BCUT2D eigenvalue weighted by molar-refractivity contribution is 5.87. The third-order valence-corrected chi connectivity index (χ3v) is 3.13. The average Bonchev–Trinajstić information content (AvgIpc) is 2.57. The Hall–Kier alpha value is -2.18. The van der Waals surface area contributed by atoms with Crippen LogP contribution in [0.3, 0.4) is 0 Å². The minimum atomic E-state index is -0.879. The fraction of sp³-hybridized carbons (Fsp3) is 0.375. The SMILES string of the molecule is C=CC(=O)OCC(CC)(CO)CO.O=C(O)c1ccccc1. The van der Waals surface area contributed by atoms with Gasteiger partial charge in [0.1, 0.15) is 6.61 Å². The molecule has 6 nitrogen and oxygen atoms in total. The normalized spacial score (nSPS) is 10.1. The lowest BCUT2D eigenvalue weighted by molar-refractivity contribution is -0.143. The molecule has 22 heavy (non-hydrogen) atoms. The van der Waals surface area contributed by atoms with Crippen LogP contribution < -0.4 is 0 Å². The topological polar surface area (TPSA) is 104 Å². The number of hydrogen-bond acceptors (Lipinski definition) is 5. The zero-order chi connectivity index (χ0) is 17.0. The van der Waals surface area contributed by atoms with Gasteiger partial charge in [0, 0.05) is 6.08 Å². The smallest absolute Gasteiger partial charge is 0.335 e. The van der Waals surface area contributed by atoms with Crippen molar-refractivity contribution in [2.24, 2.45) is 5.41 Å². The lowest BCUT2D eigenvalue weighted by Gasteiger charge is -2.27. The van der Waals surface area contributed by atoms with Crippen molar-refractivity contribution < 1.29 is 29.6 Å². The van der Waals surface area contributed by atoms with Crippen LogP contribution in [0.5, 0.6) is 0 Å². The zero-order valence-electron chi connectivity index (χ0n) is 12.6. The Balaban J connectivity index is 0.000000425. The molecule has 122 valence electrons. The summed E-state index contributed by atoms with van der Waals surface area (Å²) in [6, 6.07) is 8.30. The maximum absolute atomic E-state index is 10.7. The Labute approximate surface area is 129 Å². The molecule has 6 heteroatoms. The number of rotatable bonds is 7. The highest BCUT2D eigenvalue weighted by Gasteiger charge is 2.28. The highest BCUT2D eigenvalue weighted by Crippen LogP contribution is 2.20. The predicted molar refractivity (Wildman–Crippen MR) is 81.5 cm³/mol. The van der Waals surface area contributed by atoms with E-state index in [2.05, 4.69) is 6.58 Å². The largest absolute Gasteiger partial charge is 0.478 e. The fourth-order valence-corrected chi connectivity index (χ4v) is 1.33. The molecule has 0 radical (unpaired) electrons. The summed E-state index contributed by atoms with van der Waals surface area (Å²) in [5.74, 6) is -1.42. The first-order valence-electron chi connectivity index (χ1n) is 6.74. The number of esters is 1. The van der Waals surface area contributed by atoms with Gasteiger partial charge in [-0.05, 0) is 18.6 Å². The van der Waals surface area contributed by atoms with Gasteiger partial charge in [-0.3, -0.25) is 0 Å². The molecule has 1 aromatic rings. The molecule has 0 unspecified atom stereocenters. The second-order valence-corrected chi connectivity index (χ2v) is 4.65. The van der Waals surface area contributed by atoms with Crippen molar-refractivity contribution in [2.75, 3.05) is 19.8 Å². The maximum Gasteiger partial charge on any atom is 0.335 e. The molecule has 0 atom stereocenters. The van der Waals surface area contributed by atoms with Crippen LogP contribution in [0.1, 0.15) is 23.7 Å². The van der Waals surface area contributed by atoms with E-state index in [1.54, 1.807) is 30.3 Å². The molecule has 0 spiro atoms. The zero-order valence-corrected chi connectivity index (χ0v) is 12.6. The number of aromatic carboxylic acids is 1. The van der Waals surface area contributed by atoms with Crippen LogP contribution in [0.25, 0.3) is 0 Å². The number of aliphatic hydroxyl groups excluding tert-OH is 2. The first-order chi connectivity index (χ1) is 10.4. The number of hydrogen-bond donors (Lipinski definition) is 3. The van der Waals surface area contributed by atoms with Crippen LogP contribution in [0.15, 0.2) is 43.0 Å². The van der Waals surface area contributed by atoms with Gasteiger partial charge < -0.3 is 20.1 Å². The van der Waals surface area contributed by atoms with Crippen molar-refractivity contribution in [2.45, 2.75) is 13.3 Å². The first kappa shape index (κ1) is 19.8.